The molecule has 1 N–H and O–H groups in total. The molecule has 0 bridgehead atoms. The largest absolute Gasteiger partial charge is 0.217 e. The van der Waals surface area contributed by atoms with Crippen LogP contribution in [0.15, 0.2) is 0 Å². The Morgan fingerprint density at radius 2 is 1.92 bits per heavy atom. The van der Waals surface area contributed by atoms with E-state index in [2.05, 4.69) is 4.72 Å². The quantitative estimate of drug-likeness (QED) is 0.745. The molecule has 0 saturated heterocycles. The van der Waals surface area contributed by atoms with Crippen molar-refractivity contribution >= 4 is 10.0 Å². The Labute approximate surface area is 80.0 Å². The molecule has 0 aliphatic carbocycles. The van der Waals surface area contributed by atoms with Crippen molar-refractivity contribution in [3.63, 3.8) is 0 Å². The smallest absolute Gasteiger partial charge is 0.212 e. The van der Waals surface area contributed by atoms with Gasteiger partial charge in [0.05, 0.1) is 10.8 Å². The molecular formula is C8H16N2O2S. The van der Waals surface area contributed by atoms with Gasteiger partial charge in [0.15, 0.2) is 0 Å². The number of hydrogen-bond donors (Lipinski definition) is 1. The highest BCUT2D eigenvalue weighted by Gasteiger charge is 2.30. The van der Waals surface area contributed by atoms with Crippen LogP contribution in [0.3, 0.4) is 0 Å². The third-order valence-corrected chi connectivity index (χ3v) is 3.87. The molecule has 0 aromatic rings. The molecule has 0 rings (SSSR count). The Balaban J connectivity index is 4.64. The first-order chi connectivity index (χ1) is 5.74. The Morgan fingerprint density at radius 1 is 1.46 bits per heavy atom. The number of nitrogens with zero attached hydrogens (tertiary/aromatic N) is 1. The molecule has 0 aromatic heterocycles. The predicted octanol–water partition coefficient (Wildman–Crippen LogP) is 1.01. The highest BCUT2D eigenvalue weighted by Crippen LogP contribution is 2.13. The van der Waals surface area contributed by atoms with Crippen LogP contribution in [-0.2, 0) is 10.0 Å². The minimum atomic E-state index is -3.39. The summed E-state index contributed by atoms with van der Waals surface area (Å²) in [6.45, 7) is 6.55. The third kappa shape index (κ3) is 3.33. The molecule has 0 spiro atoms. The van der Waals surface area contributed by atoms with E-state index in [1.807, 2.05) is 6.07 Å². The lowest BCUT2D eigenvalue weighted by molar-refractivity contribution is 0.534. The summed E-state index contributed by atoms with van der Waals surface area (Å²) in [6, 6.07) is 1.27. The van der Waals surface area contributed by atoms with E-state index in [-0.39, 0.29) is 0 Å². The fourth-order valence-electron chi connectivity index (χ4n) is 0.565. The van der Waals surface area contributed by atoms with Crippen molar-refractivity contribution in [2.24, 2.45) is 0 Å². The minimum Gasteiger partial charge on any atom is -0.212 e. The summed E-state index contributed by atoms with van der Waals surface area (Å²) in [5.41, 5.74) is 0. The zero-order chi connectivity index (χ0) is 10.7. The summed E-state index contributed by atoms with van der Waals surface area (Å²) < 4.78 is 24.5. The summed E-state index contributed by atoms with van der Waals surface area (Å²) >= 11 is 0. The molecule has 0 heterocycles. The molecule has 13 heavy (non-hydrogen) atoms. The molecule has 4 nitrogen and oxygen atoms in total. The molecule has 0 aliphatic rings. The van der Waals surface area contributed by atoms with Gasteiger partial charge >= 0.3 is 0 Å². The Kier molecular flexibility index (Phi) is 3.88. The average Bonchev–Trinajstić information content (AvgIpc) is 1.98. The van der Waals surface area contributed by atoms with Gasteiger partial charge in [0.2, 0.25) is 10.0 Å². The van der Waals surface area contributed by atoms with Gasteiger partial charge in [-0.3, -0.25) is 0 Å². The second kappa shape index (κ2) is 4.07. The van der Waals surface area contributed by atoms with Gasteiger partial charge in [-0.1, -0.05) is 6.92 Å². The zero-order valence-corrected chi connectivity index (χ0v) is 9.27. The van der Waals surface area contributed by atoms with Crippen LogP contribution in [0, 0.1) is 11.3 Å². The maximum Gasteiger partial charge on any atom is 0.217 e. The lowest BCUT2D eigenvalue weighted by atomic mass is 10.3. The first-order valence-electron chi connectivity index (χ1n) is 4.16. The van der Waals surface area contributed by atoms with Crippen molar-refractivity contribution in [1.82, 2.24) is 4.72 Å². The zero-order valence-electron chi connectivity index (χ0n) is 8.46. The third-order valence-electron chi connectivity index (χ3n) is 1.67. The first kappa shape index (κ1) is 12.4. The van der Waals surface area contributed by atoms with Crippen LogP contribution < -0.4 is 4.72 Å². The molecule has 1 unspecified atom stereocenters. The van der Waals surface area contributed by atoms with Crippen LogP contribution in [0.25, 0.3) is 0 Å². The standard InChI is InChI=1S/C8H16N2O2S/c1-5-7(6-9)10-13(11,12)8(2,3)4/h7,10H,5H2,1-4H3. The van der Waals surface area contributed by atoms with Crippen molar-refractivity contribution in [3.8, 4) is 6.07 Å². The van der Waals surface area contributed by atoms with Crippen LogP contribution in [0.2, 0.25) is 0 Å². The summed E-state index contributed by atoms with van der Waals surface area (Å²) in [5.74, 6) is 0. The monoisotopic (exact) mass is 204 g/mol. The molecule has 0 amide bonds. The fourth-order valence-corrected chi connectivity index (χ4v) is 1.51. The first-order valence-corrected chi connectivity index (χ1v) is 5.64. The Morgan fingerprint density at radius 3 is 2.15 bits per heavy atom. The number of nitriles is 1. The van der Waals surface area contributed by atoms with E-state index in [1.165, 1.54) is 0 Å². The van der Waals surface area contributed by atoms with Crippen molar-refractivity contribution in [3.05, 3.63) is 0 Å². The maximum atomic E-state index is 11.5. The normalized spacial score (nSPS) is 15.0. The molecule has 0 saturated carbocycles. The van der Waals surface area contributed by atoms with Gasteiger partial charge in [0, 0.05) is 0 Å². The number of sulfonamides is 1. The second-order valence-corrected chi connectivity index (χ2v) is 6.29. The van der Waals surface area contributed by atoms with Gasteiger partial charge in [0.25, 0.3) is 0 Å². The summed E-state index contributed by atoms with van der Waals surface area (Å²) in [6.07, 6.45) is 0.478. The Bertz CT molecular complexity index is 295. The highest BCUT2D eigenvalue weighted by molar-refractivity contribution is 7.90. The van der Waals surface area contributed by atoms with Crippen molar-refractivity contribution < 1.29 is 8.42 Å². The highest BCUT2D eigenvalue weighted by atomic mass is 32.2. The second-order valence-electron chi connectivity index (χ2n) is 3.82. The molecular weight excluding hydrogens is 188 g/mol. The summed E-state index contributed by atoms with van der Waals surface area (Å²) in [7, 11) is -3.39. The predicted molar refractivity (Wildman–Crippen MR) is 51.5 cm³/mol. The van der Waals surface area contributed by atoms with Crippen LogP contribution in [0.4, 0.5) is 0 Å². The van der Waals surface area contributed by atoms with Crippen LogP contribution in [0.1, 0.15) is 34.1 Å². The van der Waals surface area contributed by atoms with Crippen molar-refractivity contribution in [2.45, 2.75) is 44.9 Å². The van der Waals surface area contributed by atoms with E-state index in [0.717, 1.165) is 0 Å². The van der Waals surface area contributed by atoms with E-state index in [4.69, 9.17) is 5.26 Å². The van der Waals surface area contributed by atoms with Gasteiger partial charge < -0.3 is 0 Å². The van der Waals surface area contributed by atoms with Gasteiger partial charge in [-0.05, 0) is 27.2 Å². The van der Waals surface area contributed by atoms with Gasteiger partial charge in [-0.25, -0.2) is 8.42 Å². The summed E-state index contributed by atoms with van der Waals surface area (Å²) in [4.78, 5) is 0. The molecule has 76 valence electrons. The van der Waals surface area contributed by atoms with Crippen molar-refractivity contribution in [1.29, 1.82) is 5.26 Å². The minimum absolute atomic E-state index is 0.478. The molecule has 0 radical (unpaired) electrons. The number of nitrogens with one attached hydrogen (secondary N) is 1. The summed E-state index contributed by atoms with van der Waals surface area (Å²) in [5, 5.41) is 8.58. The number of rotatable bonds is 3. The van der Waals surface area contributed by atoms with E-state index >= 15 is 0 Å². The maximum absolute atomic E-state index is 11.5. The molecule has 5 heteroatoms. The van der Waals surface area contributed by atoms with Crippen LogP contribution in [-0.4, -0.2) is 19.2 Å². The number of hydrogen-bond acceptors (Lipinski definition) is 3. The SMILES string of the molecule is CCC(C#N)NS(=O)(=O)C(C)(C)C. The van der Waals surface area contributed by atoms with E-state index < -0.39 is 20.8 Å². The van der Waals surface area contributed by atoms with Gasteiger partial charge in [0.1, 0.15) is 6.04 Å². The van der Waals surface area contributed by atoms with E-state index in [9.17, 15) is 8.42 Å². The molecule has 0 aromatic carbocycles. The van der Waals surface area contributed by atoms with Gasteiger partial charge in [-0.15, -0.1) is 0 Å². The average molecular weight is 204 g/mol. The van der Waals surface area contributed by atoms with E-state index in [0.29, 0.717) is 6.42 Å². The van der Waals surface area contributed by atoms with Crippen LogP contribution >= 0.6 is 0 Å². The Hall–Kier alpha value is -0.600. The van der Waals surface area contributed by atoms with E-state index in [1.54, 1.807) is 27.7 Å². The molecule has 1 atom stereocenters. The molecule has 0 fully saturated rings. The van der Waals surface area contributed by atoms with Crippen molar-refractivity contribution in [2.75, 3.05) is 0 Å². The van der Waals surface area contributed by atoms with Gasteiger partial charge in [-0.2, -0.15) is 9.98 Å². The van der Waals surface area contributed by atoms with Crippen LogP contribution in [0.5, 0.6) is 0 Å². The lowest BCUT2D eigenvalue weighted by Gasteiger charge is -2.21. The topological polar surface area (TPSA) is 70.0 Å². The lowest BCUT2D eigenvalue weighted by Crippen LogP contribution is -2.43. The fraction of sp³-hybridized carbons (Fsp3) is 0.875. The molecule has 0 aliphatic heterocycles.